The third-order valence-electron chi connectivity index (χ3n) is 7.25. The highest BCUT2D eigenvalue weighted by Crippen LogP contribution is 2.53. The van der Waals surface area contributed by atoms with Crippen molar-refractivity contribution in [3.63, 3.8) is 0 Å². The van der Waals surface area contributed by atoms with E-state index in [0.29, 0.717) is 0 Å². The summed E-state index contributed by atoms with van der Waals surface area (Å²) < 4.78 is 2.10. The molecule has 0 amide bonds. The average Bonchev–Trinajstić information content (AvgIpc) is 3.40. The molecule has 0 radical (unpaired) electrons. The van der Waals surface area contributed by atoms with Gasteiger partial charge in [0.25, 0.3) is 0 Å². The van der Waals surface area contributed by atoms with Gasteiger partial charge in [0.1, 0.15) is 5.82 Å². The van der Waals surface area contributed by atoms with E-state index in [4.69, 9.17) is 0 Å². The number of hydrogen-bond donors (Lipinski definition) is 1. The number of nitrogens with zero attached hydrogens (tertiary/aromatic N) is 4. The molecule has 0 saturated carbocycles. The Balaban J connectivity index is 1.39. The van der Waals surface area contributed by atoms with E-state index in [1.807, 2.05) is 12.4 Å². The van der Waals surface area contributed by atoms with Crippen molar-refractivity contribution >= 4 is 0 Å². The molecule has 2 aliphatic heterocycles. The van der Waals surface area contributed by atoms with Crippen LogP contribution in [0, 0.1) is 0 Å². The van der Waals surface area contributed by atoms with Crippen LogP contribution >= 0.6 is 0 Å². The van der Waals surface area contributed by atoms with Crippen LogP contribution in [0.4, 0.5) is 0 Å². The number of aromatic nitrogens is 2. The van der Waals surface area contributed by atoms with Crippen LogP contribution in [0.25, 0.3) is 0 Å². The molecule has 5 heteroatoms. The first kappa shape index (κ1) is 17.4. The minimum atomic E-state index is -0.289. The minimum Gasteiger partial charge on any atom is -0.390 e. The van der Waals surface area contributed by atoms with Crippen LogP contribution in [0.5, 0.6) is 0 Å². The fraction of sp³-hybridized carbons (Fsp3) is 0.591. The molecule has 3 heterocycles. The Morgan fingerprint density at radius 2 is 1.85 bits per heavy atom. The normalized spacial score (nSPS) is 28.1. The summed E-state index contributed by atoms with van der Waals surface area (Å²) in [7, 11) is 2.06. The predicted octanol–water partition coefficient (Wildman–Crippen LogP) is 2.47. The highest BCUT2D eigenvalue weighted by Gasteiger charge is 2.54. The Bertz CT molecular complexity index is 802. The smallest absolute Gasteiger partial charge is 0.122 e. The predicted molar refractivity (Wildman–Crippen MR) is 105 cm³/mol. The van der Waals surface area contributed by atoms with Crippen molar-refractivity contribution < 1.29 is 5.11 Å². The second-order valence-corrected chi connectivity index (χ2v) is 8.61. The molecule has 3 aliphatic rings. The van der Waals surface area contributed by atoms with E-state index in [0.717, 1.165) is 51.4 Å². The molecule has 0 bridgehead atoms. The van der Waals surface area contributed by atoms with E-state index in [-0.39, 0.29) is 17.6 Å². The zero-order valence-electron chi connectivity index (χ0n) is 16.2. The van der Waals surface area contributed by atoms with Crippen LogP contribution in [0.2, 0.25) is 0 Å². The summed E-state index contributed by atoms with van der Waals surface area (Å²) in [6.07, 6.45) is 8.17. The fourth-order valence-electron chi connectivity index (χ4n) is 5.68. The molecule has 2 aromatic rings. The van der Waals surface area contributed by atoms with Gasteiger partial charge in [-0.1, -0.05) is 24.3 Å². The summed E-state index contributed by atoms with van der Waals surface area (Å²) in [4.78, 5) is 9.50. The van der Waals surface area contributed by atoms with Crippen molar-refractivity contribution in [3.8, 4) is 0 Å². The molecule has 2 atom stereocenters. The highest BCUT2D eigenvalue weighted by atomic mass is 16.3. The van der Waals surface area contributed by atoms with E-state index in [2.05, 4.69) is 50.7 Å². The van der Waals surface area contributed by atoms with Gasteiger partial charge in [0.2, 0.25) is 0 Å². The maximum absolute atomic E-state index is 11.6. The van der Waals surface area contributed by atoms with E-state index >= 15 is 0 Å². The van der Waals surface area contributed by atoms with Crippen molar-refractivity contribution in [2.75, 3.05) is 26.2 Å². The fourth-order valence-corrected chi connectivity index (χ4v) is 5.68. The monoisotopic (exact) mass is 366 g/mol. The maximum atomic E-state index is 11.6. The van der Waals surface area contributed by atoms with Gasteiger partial charge in [0, 0.05) is 24.9 Å². The van der Waals surface area contributed by atoms with Gasteiger partial charge in [-0.15, -0.1) is 0 Å². The number of hydrogen-bond acceptors (Lipinski definition) is 4. The van der Waals surface area contributed by atoms with Gasteiger partial charge in [-0.3, -0.25) is 9.80 Å². The first-order valence-corrected chi connectivity index (χ1v) is 10.4. The number of aliphatic hydroxyl groups excluding tert-OH is 1. The Labute approximate surface area is 161 Å². The lowest BCUT2D eigenvalue weighted by atomic mass is 9.72. The molecular weight excluding hydrogens is 336 g/mol. The molecule has 2 fully saturated rings. The van der Waals surface area contributed by atoms with Gasteiger partial charge < -0.3 is 9.67 Å². The van der Waals surface area contributed by atoms with Gasteiger partial charge >= 0.3 is 0 Å². The van der Waals surface area contributed by atoms with Gasteiger partial charge in [-0.25, -0.2) is 4.98 Å². The standard InChI is InChI=1S/C22H30N4O/c1-24-15-10-23-19(24)16-25-13-8-22(9-14-25)18-7-3-2-6-17(18)20(21(22)27)26-11-4-5-12-26/h2-3,6-7,10,15,20-21,27H,4-5,8-9,11-14,16H2,1H3/t20-,21+/m1/s1. The lowest BCUT2D eigenvalue weighted by molar-refractivity contribution is -0.0108. The van der Waals surface area contributed by atoms with E-state index in [1.165, 1.54) is 24.0 Å². The number of aliphatic hydroxyl groups is 1. The second-order valence-electron chi connectivity index (χ2n) is 8.61. The summed E-state index contributed by atoms with van der Waals surface area (Å²) in [6.45, 7) is 5.18. The van der Waals surface area contributed by atoms with Gasteiger partial charge in [-0.2, -0.15) is 0 Å². The van der Waals surface area contributed by atoms with E-state index in [1.54, 1.807) is 0 Å². The molecule has 1 N–H and O–H groups in total. The molecule has 5 nitrogen and oxygen atoms in total. The number of imidazole rings is 1. The van der Waals surface area contributed by atoms with E-state index < -0.39 is 0 Å². The maximum Gasteiger partial charge on any atom is 0.122 e. The largest absolute Gasteiger partial charge is 0.390 e. The summed E-state index contributed by atoms with van der Waals surface area (Å²) in [5.74, 6) is 1.12. The average molecular weight is 367 g/mol. The molecule has 27 heavy (non-hydrogen) atoms. The third kappa shape index (κ3) is 2.75. The van der Waals surface area contributed by atoms with Gasteiger partial charge in [0.05, 0.1) is 18.7 Å². The van der Waals surface area contributed by atoms with Crippen molar-refractivity contribution in [2.24, 2.45) is 7.05 Å². The first-order valence-electron chi connectivity index (χ1n) is 10.4. The molecule has 1 aliphatic carbocycles. The highest BCUT2D eigenvalue weighted by molar-refractivity contribution is 5.45. The number of fused-ring (bicyclic) bond motifs is 2. The molecule has 1 spiro atoms. The lowest BCUT2D eigenvalue weighted by Gasteiger charge is -2.43. The minimum absolute atomic E-state index is 0.0814. The van der Waals surface area contributed by atoms with Crippen LogP contribution in [0.3, 0.4) is 0 Å². The summed E-state index contributed by atoms with van der Waals surface area (Å²) in [5, 5.41) is 11.6. The van der Waals surface area contributed by atoms with Crippen LogP contribution in [0.1, 0.15) is 48.7 Å². The molecule has 0 unspecified atom stereocenters. The Hall–Kier alpha value is -1.69. The second kappa shape index (κ2) is 6.73. The van der Waals surface area contributed by atoms with E-state index in [9.17, 15) is 5.11 Å². The Morgan fingerprint density at radius 3 is 2.56 bits per heavy atom. The van der Waals surface area contributed by atoms with Crippen molar-refractivity contribution in [1.29, 1.82) is 0 Å². The molecular formula is C22H30N4O. The molecule has 2 saturated heterocycles. The van der Waals surface area contributed by atoms with Crippen LogP contribution in [-0.4, -0.2) is 56.7 Å². The number of aryl methyl sites for hydroxylation is 1. The van der Waals surface area contributed by atoms with Gasteiger partial charge in [-0.05, 0) is 63.0 Å². The molecule has 144 valence electrons. The van der Waals surface area contributed by atoms with Crippen molar-refractivity contribution in [2.45, 2.75) is 49.8 Å². The molecule has 1 aromatic carbocycles. The van der Waals surface area contributed by atoms with Crippen LogP contribution in [-0.2, 0) is 19.0 Å². The van der Waals surface area contributed by atoms with Crippen molar-refractivity contribution in [3.05, 3.63) is 53.6 Å². The quantitative estimate of drug-likeness (QED) is 0.906. The SMILES string of the molecule is Cn1ccnc1CN1CCC2(CC1)c1ccccc1[C@@H](N1CCCC1)[C@@H]2O. The van der Waals surface area contributed by atoms with Crippen LogP contribution < -0.4 is 0 Å². The summed E-state index contributed by atoms with van der Waals surface area (Å²) in [5.41, 5.74) is 2.71. The number of rotatable bonds is 3. The number of benzene rings is 1. The van der Waals surface area contributed by atoms with Crippen molar-refractivity contribution in [1.82, 2.24) is 19.4 Å². The first-order chi connectivity index (χ1) is 13.2. The zero-order valence-corrected chi connectivity index (χ0v) is 16.2. The molecule has 1 aromatic heterocycles. The number of piperidine rings is 1. The third-order valence-corrected chi connectivity index (χ3v) is 7.25. The molecule has 5 rings (SSSR count). The lowest BCUT2D eigenvalue weighted by Crippen LogP contribution is -2.49. The number of likely N-dealkylation sites (tertiary alicyclic amines) is 2. The van der Waals surface area contributed by atoms with Crippen LogP contribution in [0.15, 0.2) is 36.7 Å². The van der Waals surface area contributed by atoms with Gasteiger partial charge in [0.15, 0.2) is 0 Å². The zero-order chi connectivity index (χ0) is 18.4. The summed E-state index contributed by atoms with van der Waals surface area (Å²) in [6, 6.07) is 9.02. The Kier molecular flexibility index (Phi) is 4.34. The topological polar surface area (TPSA) is 44.5 Å². The summed E-state index contributed by atoms with van der Waals surface area (Å²) >= 11 is 0. The Morgan fingerprint density at radius 1 is 1.11 bits per heavy atom.